The molecular weight excluding hydrogens is 418 g/mol. The Morgan fingerprint density at radius 3 is 2.26 bits per heavy atom. The van der Waals surface area contributed by atoms with E-state index in [1.165, 1.54) is 28.0 Å². The van der Waals surface area contributed by atoms with Crippen molar-refractivity contribution in [2.45, 2.75) is 39.2 Å². The summed E-state index contributed by atoms with van der Waals surface area (Å²) in [7, 11) is 0. The molecule has 1 unspecified atom stereocenters. The summed E-state index contributed by atoms with van der Waals surface area (Å²) in [6.07, 6.45) is 9.70. The minimum atomic E-state index is 0.193. The highest BCUT2D eigenvalue weighted by Crippen LogP contribution is 2.39. The van der Waals surface area contributed by atoms with Gasteiger partial charge in [-0.3, -0.25) is 4.90 Å². The molecule has 1 heterocycles. The van der Waals surface area contributed by atoms with E-state index in [0.29, 0.717) is 12.0 Å². The van der Waals surface area contributed by atoms with Gasteiger partial charge in [-0.05, 0) is 73.6 Å². The van der Waals surface area contributed by atoms with Crippen LogP contribution in [0.1, 0.15) is 44.2 Å². The summed E-state index contributed by atoms with van der Waals surface area (Å²) in [5.74, 6) is 0.290. The van der Waals surface area contributed by atoms with Gasteiger partial charge in [-0.25, -0.2) is 0 Å². The number of anilines is 1. The van der Waals surface area contributed by atoms with Crippen LogP contribution in [0.5, 0.6) is 0 Å². The molecule has 1 saturated heterocycles. The second-order valence-electron chi connectivity index (χ2n) is 9.65. The molecular formula is C30H39N3O. The Balaban J connectivity index is 1.64. The Hall–Kier alpha value is -2.82. The molecule has 4 rings (SSSR count). The van der Waals surface area contributed by atoms with Gasteiger partial charge in [0.15, 0.2) is 0 Å². The summed E-state index contributed by atoms with van der Waals surface area (Å²) < 4.78 is 0. The molecule has 0 bridgehead atoms. The number of allylic oxidation sites excluding steroid dienone is 5. The lowest BCUT2D eigenvalue weighted by molar-refractivity contribution is 0.132. The lowest BCUT2D eigenvalue weighted by atomic mass is 9.80. The fourth-order valence-electron chi connectivity index (χ4n) is 5.16. The number of hydrogen-bond acceptors (Lipinski definition) is 4. The molecule has 2 aliphatic rings. The zero-order valence-corrected chi connectivity index (χ0v) is 20.7. The van der Waals surface area contributed by atoms with Gasteiger partial charge in [-0.1, -0.05) is 54.6 Å². The number of hydrogen-bond donors (Lipinski definition) is 2. The molecule has 0 amide bonds. The first-order valence-corrected chi connectivity index (χ1v) is 12.7. The number of nitrogen functional groups attached to an aromatic ring is 1. The van der Waals surface area contributed by atoms with Crippen LogP contribution in [-0.4, -0.2) is 53.7 Å². The molecule has 180 valence electrons. The first kappa shape index (κ1) is 24.3. The monoisotopic (exact) mass is 457 g/mol. The van der Waals surface area contributed by atoms with E-state index in [4.69, 9.17) is 5.73 Å². The van der Waals surface area contributed by atoms with Crippen LogP contribution in [0.4, 0.5) is 5.69 Å². The molecule has 0 aromatic heterocycles. The highest BCUT2D eigenvalue weighted by Gasteiger charge is 2.24. The van der Waals surface area contributed by atoms with Crippen LogP contribution >= 0.6 is 0 Å². The van der Waals surface area contributed by atoms with Crippen molar-refractivity contribution in [1.82, 2.24) is 9.80 Å². The summed E-state index contributed by atoms with van der Waals surface area (Å²) in [6, 6.07) is 19.5. The van der Waals surface area contributed by atoms with Crippen LogP contribution in [-0.2, 0) is 0 Å². The van der Waals surface area contributed by atoms with Crippen molar-refractivity contribution in [3.8, 4) is 0 Å². The van der Waals surface area contributed by atoms with E-state index >= 15 is 0 Å². The molecule has 4 nitrogen and oxygen atoms in total. The van der Waals surface area contributed by atoms with Crippen molar-refractivity contribution >= 4 is 16.8 Å². The third kappa shape index (κ3) is 5.81. The molecule has 1 fully saturated rings. The Labute approximate surface area is 205 Å². The lowest BCUT2D eigenvalue weighted by Crippen LogP contribution is -2.48. The molecule has 1 atom stereocenters. The SMILES string of the molecule is CC(C)N1CCN(C2=CCC(/C(=C(/CCCO)c3ccccc3)c3ccc(N)cc3)C=C2)CC1. The van der Waals surface area contributed by atoms with Crippen LogP contribution in [0, 0.1) is 5.92 Å². The Morgan fingerprint density at radius 1 is 0.971 bits per heavy atom. The summed E-state index contributed by atoms with van der Waals surface area (Å²) in [6.45, 7) is 9.19. The molecule has 0 saturated carbocycles. The average molecular weight is 458 g/mol. The van der Waals surface area contributed by atoms with Crippen molar-refractivity contribution in [1.29, 1.82) is 0 Å². The van der Waals surface area contributed by atoms with E-state index in [1.807, 2.05) is 12.1 Å². The van der Waals surface area contributed by atoms with Gasteiger partial charge in [0.2, 0.25) is 0 Å². The Morgan fingerprint density at radius 2 is 1.68 bits per heavy atom. The van der Waals surface area contributed by atoms with Crippen molar-refractivity contribution in [3.05, 3.63) is 89.6 Å². The standard InChI is InChI=1S/C30H39N3O/c1-23(2)32-18-20-33(21-19-32)28-16-12-26(13-17-28)30(25-10-14-27(31)15-11-25)29(9-6-22-34)24-7-4-3-5-8-24/h3-5,7-8,10-12,14-17,23,26,34H,6,9,13,18-22,31H2,1-2H3/b30-29-. The molecule has 0 spiro atoms. The van der Waals surface area contributed by atoms with Gasteiger partial charge >= 0.3 is 0 Å². The van der Waals surface area contributed by atoms with E-state index in [0.717, 1.165) is 51.1 Å². The minimum absolute atomic E-state index is 0.193. The number of aliphatic hydroxyl groups excluding tert-OH is 1. The quantitative estimate of drug-likeness (QED) is 0.409. The maximum Gasteiger partial charge on any atom is 0.0434 e. The summed E-state index contributed by atoms with van der Waals surface area (Å²) in [5.41, 5.74) is 13.3. The average Bonchev–Trinajstić information content (AvgIpc) is 2.88. The third-order valence-electron chi connectivity index (χ3n) is 7.11. The topological polar surface area (TPSA) is 52.7 Å². The third-order valence-corrected chi connectivity index (χ3v) is 7.11. The highest BCUT2D eigenvalue weighted by molar-refractivity contribution is 5.93. The normalized spacial score (nSPS) is 19.8. The van der Waals surface area contributed by atoms with E-state index in [-0.39, 0.29) is 6.61 Å². The van der Waals surface area contributed by atoms with Gasteiger partial charge in [0.05, 0.1) is 0 Å². The fraction of sp³-hybridized carbons (Fsp3) is 0.400. The maximum atomic E-state index is 9.62. The van der Waals surface area contributed by atoms with Gasteiger partial charge in [-0.2, -0.15) is 0 Å². The number of nitrogens with zero attached hydrogens (tertiary/aromatic N) is 2. The summed E-state index contributed by atoms with van der Waals surface area (Å²) in [5, 5.41) is 9.62. The van der Waals surface area contributed by atoms with Gasteiger partial charge in [0.25, 0.3) is 0 Å². The molecule has 34 heavy (non-hydrogen) atoms. The number of rotatable bonds is 8. The van der Waals surface area contributed by atoms with Gasteiger partial charge in [0.1, 0.15) is 0 Å². The molecule has 0 radical (unpaired) electrons. The van der Waals surface area contributed by atoms with Gasteiger partial charge < -0.3 is 15.7 Å². The summed E-state index contributed by atoms with van der Waals surface area (Å²) in [4.78, 5) is 5.09. The van der Waals surface area contributed by atoms with E-state index in [9.17, 15) is 5.11 Å². The molecule has 2 aromatic carbocycles. The van der Waals surface area contributed by atoms with Crippen LogP contribution in [0.3, 0.4) is 0 Å². The fourth-order valence-corrected chi connectivity index (χ4v) is 5.16. The molecule has 3 N–H and O–H groups in total. The highest BCUT2D eigenvalue weighted by atomic mass is 16.2. The predicted octanol–water partition coefficient (Wildman–Crippen LogP) is 5.44. The second-order valence-corrected chi connectivity index (χ2v) is 9.65. The van der Waals surface area contributed by atoms with Crippen LogP contribution in [0.25, 0.3) is 11.1 Å². The van der Waals surface area contributed by atoms with Gasteiger partial charge in [0, 0.05) is 56.1 Å². The largest absolute Gasteiger partial charge is 0.399 e. The van der Waals surface area contributed by atoms with E-state index < -0.39 is 0 Å². The number of nitrogens with two attached hydrogens (primary N) is 1. The lowest BCUT2D eigenvalue weighted by Gasteiger charge is -2.39. The van der Waals surface area contributed by atoms with Crippen molar-refractivity contribution in [3.63, 3.8) is 0 Å². The Bertz CT molecular complexity index is 1010. The van der Waals surface area contributed by atoms with Crippen LogP contribution in [0.15, 0.2) is 78.5 Å². The first-order chi connectivity index (χ1) is 16.6. The maximum absolute atomic E-state index is 9.62. The molecule has 1 aliphatic carbocycles. The molecule has 2 aromatic rings. The number of benzene rings is 2. The Kier molecular flexibility index (Phi) is 8.25. The van der Waals surface area contributed by atoms with E-state index in [1.54, 1.807) is 0 Å². The molecule has 4 heteroatoms. The van der Waals surface area contributed by atoms with Crippen molar-refractivity contribution in [2.24, 2.45) is 5.92 Å². The zero-order chi connectivity index (χ0) is 23.9. The van der Waals surface area contributed by atoms with Crippen molar-refractivity contribution in [2.75, 3.05) is 38.5 Å². The summed E-state index contributed by atoms with van der Waals surface area (Å²) >= 11 is 0. The van der Waals surface area contributed by atoms with Crippen LogP contribution in [0.2, 0.25) is 0 Å². The second kappa shape index (κ2) is 11.5. The first-order valence-electron chi connectivity index (χ1n) is 12.7. The van der Waals surface area contributed by atoms with Crippen LogP contribution < -0.4 is 5.73 Å². The van der Waals surface area contributed by atoms with E-state index in [2.05, 4.69) is 84.3 Å². The number of piperazine rings is 1. The number of aliphatic hydroxyl groups is 1. The minimum Gasteiger partial charge on any atom is -0.399 e. The zero-order valence-electron chi connectivity index (χ0n) is 20.7. The van der Waals surface area contributed by atoms with Gasteiger partial charge in [-0.15, -0.1) is 0 Å². The van der Waals surface area contributed by atoms with Crippen molar-refractivity contribution < 1.29 is 5.11 Å². The predicted molar refractivity (Wildman–Crippen MR) is 144 cm³/mol. The smallest absolute Gasteiger partial charge is 0.0434 e. The molecule has 1 aliphatic heterocycles.